The highest BCUT2D eigenvalue weighted by molar-refractivity contribution is 5.23. The van der Waals surface area contributed by atoms with Crippen LogP contribution in [0.3, 0.4) is 0 Å². The molecule has 0 bridgehead atoms. The van der Waals surface area contributed by atoms with E-state index in [0.717, 1.165) is 19.0 Å². The van der Waals surface area contributed by atoms with Gasteiger partial charge in [0.25, 0.3) is 0 Å². The molecule has 1 heteroatoms. The van der Waals surface area contributed by atoms with Gasteiger partial charge in [-0.05, 0) is 55.3 Å². The summed E-state index contributed by atoms with van der Waals surface area (Å²) in [5.74, 6) is 1.43. The fourth-order valence-corrected chi connectivity index (χ4v) is 3.41. The second-order valence-electron chi connectivity index (χ2n) is 5.79. The van der Waals surface area contributed by atoms with E-state index in [2.05, 4.69) is 66.0 Å². The summed E-state index contributed by atoms with van der Waals surface area (Å²) < 4.78 is 0. The number of hydrogen-bond acceptors (Lipinski definition) is 1. The molecular formula is C19H23N. The van der Waals surface area contributed by atoms with Crippen molar-refractivity contribution in [1.82, 2.24) is 5.32 Å². The lowest BCUT2D eigenvalue weighted by Crippen LogP contribution is -2.16. The predicted octanol–water partition coefficient (Wildman–Crippen LogP) is 4.01. The van der Waals surface area contributed by atoms with Gasteiger partial charge in [0.05, 0.1) is 0 Å². The Morgan fingerprint density at radius 2 is 1.45 bits per heavy atom. The normalized spacial score (nSPS) is 23.2. The van der Waals surface area contributed by atoms with Crippen molar-refractivity contribution >= 4 is 0 Å². The average Bonchev–Trinajstić information content (AvgIpc) is 2.75. The van der Waals surface area contributed by atoms with Crippen LogP contribution in [0, 0.1) is 5.92 Å². The van der Waals surface area contributed by atoms with Crippen molar-refractivity contribution in [3.05, 3.63) is 71.8 Å². The van der Waals surface area contributed by atoms with Crippen LogP contribution in [0.1, 0.15) is 29.9 Å². The standard InChI is InChI=1S/C19H23N/c1-3-7-16(8-4-1)15-18-11-13-20-14-12-19(18)17-9-5-2-6-10-17/h1-10,18-20H,11-15H2/t18-,19-/m1/s1. The van der Waals surface area contributed by atoms with Crippen molar-refractivity contribution in [1.29, 1.82) is 0 Å². The molecule has 0 aromatic heterocycles. The minimum absolute atomic E-state index is 0.686. The lowest BCUT2D eigenvalue weighted by atomic mass is 9.79. The van der Waals surface area contributed by atoms with E-state index in [4.69, 9.17) is 0 Å². The van der Waals surface area contributed by atoms with Crippen LogP contribution in [-0.2, 0) is 6.42 Å². The molecule has 104 valence electrons. The predicted molar refractivity (Wildman–Crippen MR) is 84.9 cm³/mol. The van der Waals surface area contributed by atoms with E-state index < -0.39 is 0 Å². The van der Waals surface area contributed by atoms with E-state index in [1.54, 1.807) is 0 Å². The zero-order valence-corrected chi connectivity index (χ0v) is 12.0. The van der Waals surface area contributed by atoms with Crippen LogP contribution >= 0.6 is 0 Å². The van der Waals surface area contributed by atoms with Crippen molar-refractivity contribution in [2.75, 3.05) is 13.1 Å². The third kappa shape index (κ3) is 3.29. The molecule has 1 aliphatic heterocycles. The average molecular weight is 265 g/mol. The summed E-state index contributed by atoms with van der Waals surface area (Å²) >= 11 is 0. The Bertz CT molecular complexity index is 506. The first-order valence-electron chi connectivity index (χ1n) is 7.73. The van der Waals surface area contributed by atoms with Gasteiger partial charge >= 0.3 is 0 Å². The van der Waals surface area contributed by atoms with Crippen LogP contribution in [0.15, 0.2) is 60.7 Å². The molecule has 0 unspecified atom stereocenters. The first-order valence-corrected chi connectivity index (χ1v) is 7.73. The molecule has 0 radical (unpaired) electrons. The highest BCUT2D eigenvalue weighted by Crippen LogP contribution is 2.33. The van der Waals surface area contributed by atoms with Crippen LogP contribution < -0.4 is 5.32 Å². The van der Waals surface area contributed by atoms with E-state index in [9.17, 15) is 0 Å². The van der Waals surface area contributed by atoms with E-state index in [1.807, 2.05) is 0 Å². The van der Waals surface area contributed by atoms with Gasteiger partial charge in [-0.1, -0.05) is 60.7 Å². The summed E-state index contributed by atoms with van der Waals surface area (Å²) in [5, 5.41) is 3.56. The third-order valence-electron chi connectivity index (χ3n) is 4.46. The van der Waals surface area contributed by atoms with E-state index in [0.29, 0.717) is 5.92 Å². The Kier molecular flexibility index (Phi) is 4.49. The lowest BCUT2D eigenvalue weighted by molar-refractivity contribution is 0.407. The SMILES string of the molecule is c1ccc(C[C@H]2CCNCC[C@@H]2c2ccccc2)cc1. The van der Waals surface area contributed by atoms with Crippen LogP contribution in [0.25, 0.3) is 0 Å². The number of benzene rings is 2. The molecule has 0 spiro atoms. The lowest BCUT2D eigenvalue weighted by Gasteiger charge is -2.25. The zero-order chi connectivity index (χ0) is 13.6. The molecule has 2 aromatic carbocycles. The maximum atomic E-state index is 3.56. The molecule has 2 aromatic rings. The molecule has 0 aliphatic carbocycles. The maximum absolute atomic E-state index is 3.56. The van der Waals surface area contributed by atoms with Crippen LogP contribution in [0.5, 0.6) is 0 Å². The maximum Gasteiger partial charge on any atom is -0.00430 e. The Balaban J connectivity index is 1.81. The van der Waals surface area contributed by atoms with Crippen LogP contribution in [-0.4, -0.2) is 13.1 Å². The van der Waals surface area contributed by atoms with Gasteiger partial charge < -0.3 is 5.32 Å². The van der Waals surface area contributed by atoms with Crippen LogP contribution in [0.2, 0.25) is 0 Å². The molecule has 20 heavy (non-hydrogen) atoms. The minimum Gasteiger partial charge on any atom is -0.317 e. The molecule has 3 rings (SSSR count). The monoisotopic (exact) mass is 265 g/mol. The molecule has 0 amide bonds. The second-order valence-corrected chi connectivity index (χ2v) is 5.79. The van der Waals surface area contributed by atoms with Crippen molar-refractivity contribution < 1.29 is 0 Å². The highest BCUT2D eigenvalue weighted by Gasteiger charge is 2.24. The van der Waals surface area contributed by atoms with Gasteiger partial charge in [0.15, 0.2) is 0 Å². The topological polar surface area (TPSA) is 12.0 Å². The van der Waals surface area contributed by atoms with Crippen molar-refractivity contribution in [2.24, 2.45) is 5.92 Å². The van der Waals surface area contributed by atoms with E-state index in [1.165, 1.54) is 30.4 Å². The minimum atomic E-state index is 0.686. The van der Waals surface area contributed by atoms with Crippen molar-refractivity contribution in [3.8, 4) is 0 Å². The summed E-state index contributed by atoms with van der Waals surface area (Å²) in [6.07, 6.45) is 3.72. The van der Waals surface area contributed by atoms with Gasteiger partial charge in [0.2, 0.25) is 0 Å². The van der Waals surface area contributed by atoms with Gasteiger partial charge in [-0.15, -0.1) is 0 Å². The Morgan fingerprint density at radius 1 is 0.800 bits per heavy atom. The smallest absolute Gasteiger partial charge is 0.00430 e. The molecule has 1 aliphatic rings. The molecule has 1 nitrogen and oxygen atoms in total. The third-order valence-corrected chi connectivity index (χ3v) is 4.46. The number of hydrogen-bond donors (Lipinski definition) is 1. The highest BCUT2D eigenvalue weighted by atomic mass is 14.9. The molecule has 1 fully saturated rings. The molecule has 0 saturated carbocycles. The first kappa shape index (κ1) is 13.4. The van der Waals surface area contributed by atoms with E-state index >= 15 is 0 Å². The Labute approximate surface area is 122 Å². The van der Waals surface area contributed by atoms with Gasteiger partial charge in [-0.25, -0.2) is 0 Å². The summed E-state index contributed by atoms with van der Waals surface area (Å²) in [6, 6.07) is 22.0. The Morgan fingerprint density at radius 3 is 2.20 bits per heavy atom. The largest absolute Gasteiger partial charge is 0.317 e. The number of rotatable bonds is 3. The fourth-order valence-electron chi connectivity index (χ4n) is 3.41. The summed E-state index contributed by atoms with van der Waals surface area (Å²) in [6.45, 7) is 2.30. The van der Waals surface area contributed by atoms with Gasteiger partial charge in [0.1, 0.15) is 0 Å². The summed E-state index contributed by atoms with van der Waals surface area (Å²) in [5.41, 5.74) is 2.98. The van der Waals surface area contributed by atoms with Crippen molar-refractivity contribution in [2.45, 2.75) is 25.2 Å². The summed E-state index contributed by atoms with van der Waals surface area (Å²) in [7, 11) is 0. The van der Waals surface area contributed by atoms with Crippen LogP contribution in [0.4, 0.5) is 0 Å². The zero-order valence-electron chi connectivity index (χ0n) is 12.0. The van der Waals surface area contributed by atoms with Gasteiger partial charge in [0, 0.05) is 0 Å². The molecule has 1 N–H and O–H groups in total. The fraction of sp³-hybridized carbons (Fsp3) is 0.368. The Hall–Kier alpha value is -1.60. The second kappa shape index (κ2) is 6.71. The van der Waals surface area contributed by atoms with Gasteiger partial charge in [-0.3, -0.25) is 0 Å². The van der Waals surface area contributed by atoms with Gasteiger partial charge in [-0.2, -0.15) is 0 Å². The quantitative estimate of drug-likeness (QED) is 0.884. The van der Waals surface area contributed by atoms with E-state index in [-0.39, 0.29) is 0 Å². The molecular weight excluding hydrogens is 242 g/mol. The molecule has 1 saturated heterocycles. The summed E-state index contributed by atoms with van der Waals surface area (Å²) in [4.78, 5) is 0. The molecule has 1 heterocycles. The molecule has 2 atom stereocenters. The number of nitrogens with one attached hydrogen (secondary N) is 1. The first-order chi connectivity index (χ1) is 9.93. The van der Waals surface area contributed by atoms with Crippen molar-refractivity contribution in [3.63, 3.8) is 0 Å².